The number of rotatable bonds is 10. The quantitative estimate of drug-likeness (QED) is 0.123. The van der Waals surface area contributed by atoms with Crippen molar-refractivity contribution in [2.24, 2.45) is 73.9 Å². The van der Waals surface area contributed by atoms with E-state index in [0.717, 1.165) is 83.9 Å². The summed E-state index contributed by atoms with van der Waals surface area (Å²) in [4.78, 5) is 55.3. The van der Waals surface area contributed by atoms with Crippen molar-refractivity contribution in [1.29, 1.82) is 0 Å². The first kappa shape index (κ1) is 41.8. The fourth-order valence-electron chi connectivity index (χ4n) is 16.5. The van der Waals surface area contributed by atoms with Gasteiger partial charge in [0, 0.05) is 36.3 Å². The van der Waals surface area contributed by atoms with Gasteiger partial charge in [-0.1, -0.05) is 48.5 Å². The number of carbonyl (C=O) groups is 4. The Kier molecular flexibility index (Phi) is 10.1. The van der Waals surface area contributed by atoms with Crippen LogP contribution in [-0.4, -0.2) is 66.0 Å². The second-order valence-corrected chi connectivity index (χ2v) is 23.9. The van der Waals surface area contributed by atoms with Crippen LogP contribution in [0, 0.1) is 73.9 Å². The standard InChI is InChI=1S/C49H77NO7/c1-42(2,56-30-51)28-39(53)57-38-18-19-45(7)35(44(38,5)6)17-20-47(9)36(45)15-14-32-40-33(48(10)29-55-48)16-21-49(40,23-22-46(32,47)8)37(52)27-31-26-34(43(31,3)4)41(54)50-24-12-11-13-25-50/h30-36,38,40H,11-29H2,1-10H3/t31-,32+,33+,34+,35-,36+,38-,40-,45-,46+,47+,48-,49+/m0/s1. The van der Waals surface area contributed by atoms with Crippen LogP contribution in [0.3, 0.4) is 0 Å². The average molecular weight is 792 g/mol. The third-order valence-electron chi connectivity index (χ3n) is 20.4. The molecule has 0 aromatic rings. The van der Waals surface area contributed by atoms with E-state index in [4.69, 9.17) is 14.2 Å². The van der Waals surface area contributed by atoms with Crippen LogP contribution in [0.2, 0.25) is 0 Å². The molecule has 8 aliphatic rings. The van der Waals surface area contributed by atoms with Gasteiger partial charge in [0.2, 0.25) is 5.91 Å². The van der Waals surface area contributed by atoms with Crippen LogP contribution < -0.4 is 0 Å². The lowest BCUT2D eigenvalue weighted by Crippen LogP contribution is -2.67. The number of Topliss-reactive ketones (excluding diaryl/α,β-unsaturated/α-hetero) is 1. The van der Waals surface area contributed by atoms with Crippen LogP contribution in [0.1, 0.15) is 172 Å². The minimum atomic E-state index is -0.889. The Morgan fingerprint density at radius 2 is 1.47 bits per heavy atom. The lowest BCUT2D eigenvalue weighted by atomic mass is 9.32. The predicted molar refractivity (Wildman–Crippen MR) is 220 cm³/mol. The highest BCUT2D eigenvalue weighted by Crippen LogP contribution is 2.78. The first-order valence-electron chi connectivity index (χ1n) is 23.4. The largest absolute Gasteiger partial charge is 0.462 e. The summed E-state index contributed by atoms with van der Waals surface area (Å²) in [7, 11) is 0. The van der Waals surface area contributed by atoms with Crippen molar-refractivity contribution in [3.8, 4) is 0 Å². The zero-order valence-corrected chi connectivity index (χ0v) is 37.4. The van der Waals surface area contributed by atoms with Gasteiger partial charge >= 0.3 is 5.97 Å². The minimum absolute atomic E-state index is 0.0421. The number of piperidine rings is 1. The molecule has 2 saturated heterocycles. The van der Waals surface area contributed by atoms with Gasteiger partial charge in [0.25, 0.3) is 6.47 Å². The van der Waals surface area contributed by atoms with Crippen molar-refractivity contribution in [1.82, 2.24) is 4.90 Å². The van der Waals surface area contributed by atoms with Gasteiger partial charge in [-0.15, -0.1) is 0 Å². The van der Waals surface area contributed by atoms with Gasteiger partial charge in [-0.2, -0.15) is 0 Å². The van der Waals surface area contributed by atoms with Gasteiger partial charge in [-0.3, -0.25) is 19.2 Å². The van der Waals surface area contributed by atoms with E-state index in [2.05, 4.69) is 60.3 Å². The number of ketones is 1. The topological polar surface area (TPSA) is 103 Å². The molecule has 1 amide bonds. The van der Waals surface area contributed by atoms with Crippen LogP contribution in [0.4, 0.5) is 0 Å². The Labute approximate surface area is 344 Å². The summed E-state index contributed by atoms with van der Waals surface area (Å²) in [6.45, 7) is 26.0. The summed E-state index contributed by atoms with van der Waals surface area (Å²) in [6, 6.07) is 0. The van der Waals surface area contributed by atoms with E-state index >= 15 is 4.79 Å². The van der Waals surface area contributed by atoms with E-state index in [-0.39, 0.29) is 68.4 Å². The van der Waals surface area contributed by atoms with Gasteiger partial charge < -0.3 is 19.1 Å². The first-order chi connectivity index (χ1) is 26.6. The molecule has 2 heterocycles. The highest BCUT2D eigenvalue weighted by Gasteiger charge is 2.74. The SMILES string of the molecule is CC(C)(CC(=O)O[C@H]1CC[C@]2(C)[C@H]3CC[C@@H]4[C@H]5[C@H]([C@]6(C)CO6)CC[C@]5(C(=O)C[C@@H]5C[C@H](C(=O)N6CCCCC6)C5(C)C)CC[C@@]4(C)[C@]3(C)CC[C@H]2C1(C)C)OC=O. The fourth-order valence-corrected chi connectivity index (χ4v) is 16.5. The molecule has 57 heavy (non-hydrogen) atoms. The molecular weight excluding hydrogens is 715 g/mol. The predicted octanol–water partition coefficient (Wildman–Crippen LogP) is 9.74. The monoisotopic (exact) mass is 792 g/mol. The maximum Gasteiger partial charge on any atom is 0.310 e. The highest BCUT2D eigenvalue weighted by atomic mass is 16.6. The number of hydrogen-bond donors (Lipinski definition) is 0. The Morgan fingerprint density at radius 1 is 0.772 bits per heavy atom. The summed E-state index contributed by atoms with van der Waals surface area (Å²) in [5.74, 6) is 3.16. The zero-order valence-electron chi connectivity index (χ0n) is 37.4. The van der Waals surface area contributed by atoms with Crippen molar-refractivity contribution in [2.45, 2.75) is 189 Å². The molecule has 6 saturated carbocycles. The number of amides is 1. The number of nitrogens with zero attached hydrogens (tertiary/aromatic N) is 1. The van der Waals surface area contributed by atoms with Crippen molar-refractivity contribution in [3.63, 3.8) is 0 Å². The smallest absolute Gasteiger partial charge is 0.310 e. The molecule has 0 radical (unpaired) electrons. The molecule has 0 unspecified atom stereocenters. The molecule has 13 atom stereocenters. The van der Waals surface area contributed by atoms with E-state index in [0.29, 0.717) is 54.2 Å². The van der Waals surface area contributed by atoms with Crippen LogP contribution in [0.15, 0.2) is 0 Å². The maximum atomic E-state index is 15.2. The van der Waals surface area contributed by atoms with Crippen molar-refractivity contribution in [3.05, 3.63) is 0 Å². The first-order valence-corrected chi connectivity index (χ1v) is 23.4. The summed E-state index contributed by atoms with van der Waals surface area (Å²) in [5, 5.41) is 0. The summed E-state index contributed by atoms with van der Waals surface area (Å²) < 4.78 is 17.8. The fraction of sp³-hybridized carbons (Fsp3) is 0.918. The molecule has 8 rings (SSSR count). The van der Waals surface area contributed by atoms with Crippen LogP contribution in [0.5, 0.6) is 0 Å². The molecule has 8 fully saturated rings. The third-order valence-corrected chi connectivity index (χ3v) is 20.4. The number of epoxide rings is 1. The van der Waals surface area contributed by atoms with Gasteiger partial charge in [0.05, 0.1) is 18.6 Å². The molecule has 8 heteroatoms. The molecule has 6 aliphatic carbocycles. The van der Waals surface area contributed by atoms with Gasteiger partial charge in [0.15, 0.2) is 0 Å². The van der Waals surface area contributed by atoms with Crippen molar-refractivity contribution >= 4 is 24.1 Å². The molecule has 2 aliphatic heterocycles. The lowest BCUT2D eigenvalue weighted by Gasteiger charge is -2.73. The number of hydrogen-bond acceptors (Lipinski definition) is 7. The molecule has 0 aromatic heterocycles. The zero-order chi connectivity index (χ0) is 41.2. The number of likely N-dealkylation sites (tertiary alicyclic amines) is 1. The second-order valence-electron chi connectivity index (χ2n) is 23.9. The molecular formula is C49H77NO7. The molecule has 0 bridgehead atoms. The molecule has 0 spiro atoms. The van der Waals surface area contributed by atoms with E-state index in [1.165, 1.54) is 25.7 Å². The Bertz CT molecular complexity index is 1620. The average Bonchev–Trinajstić information content (AvgIpc) is 3.75. The molecule has 0 N–H and O–H groups in total. The maximum absolute atomic E-state index is 15.2. The molecule has 8 nitrogen and oxygen atoms in total. The summed E-state index contributed by atoms with van der Waals surface area (Å²) in [6.07, 6.45) is 15.6. The normalized spacial score (nSPS) is 46.9. The lowest BCUT2D eigenvalue weighted by molar-refractivity contribution is -0.251. The van der Waals surface area contributed by atoms with Gasteiger partial charge in [-0.05, 0) is 168 Å². The van der Waals surface area contributed by atoms with Crippen LogP contribution >= 0.6 is 0 Å². The Hall–Kier alpha value is -1.96. The number of esters is 1. The Balaban J connectivity index is 1.02. The van der Waals surface area contributed by atoms with E-state index < -0.39 is 5.60 Å². The summed E-state index contributed by atoms with van der Waals surface area (Å²) >= 11 is 0. The highest BCUT2D eigenvalue weighted by molar-refractivity contribution is 5.87. The van der Waals surface area contributed by atoms with Gasteiger partial charge in [0.1, 0.15) is 17.5 Å². The van der Waals surface area contributed by atoms with Crippen molar-refractivity contribution < 1.29 is 33.4 Å². The molecule has 320 valence electrons. The summed E-state index contributed by atoms with van der Waals surface area (Å²) in [5.41, 5.74) is -1.17. The molecule has 0 aromatic carbocycles. The minimum Gasteiger partial charge on any atom is -0.462 e. The third kappa shape index (κ3) is 6.25. The Morgan fingerprint density at radius 3 is 2.12 bits per heavy atom. The van der Waals surface area contributed by atoms with Gasteiger partial charge in [-0.25, -0.2) is 0 Å². The van der Waals surface area contributed by atoms with Crippen LogP contribution in [-0.2, 0) is 33.4 Å². The van der Waals surface area contributed by atoms with E-state index in [9.17, 15) is 14.4 Å². The van der Waals surface area contributed by atoms with Crippen molar-refractivity contribution in [2.75, 3.05) is 19.7 Å². The van der Waals surface area contributed by atoms with Crippen LogP contribution in [0.25, 0.3) is 0 Å². The number of carbonyl (C=O) groups excluding carboxylic acids is 4. The number of ether oxygens (including phenoxy) is 3. The van der Waals surface area contributed by atoms with E-state index in [1.54, 1.807) is 13.8 Å². The second kappa shape index (κ2) is 13.8. The number of fused-ring (bicyclic) bond motifs is 7. The van der Waals surface area contributed by atoms with E-state index in [1.807, 2.05) is 0 Å².